The second-order valence-corrected chi connectivity index (χ2v) is 5.15. The molecule has 2 aromatic rings. The van der Waals surface area contributed by atoms with Crippen LogP contribution in [0.4, 0.5) is 0 Å². The number of carboxylic acids is 1. The summed E-state index contributed by atoms with van der Waals surface area (Å²) in [5.41, 5.74) is 0.485. The first kappa shape index (κ1) is 16.5. The molecular weight excluding hydrogens is 298 g/mol. The van der Waals surface area contributed by atoms with E-state index in [9.17, 15) is 14.7 Å². The summed E-state index contributed by atoms with van der Waals surface area (Å²) in [6, 6.07) is 8.00. The van der Waals surface area contributed by atoms with Crippen molar-refractivity contribution in [1.82, 2.24) is 15.1 Å². The molecule has 1 heterocycles. The molecule has 2 rings (SSSR count). The summed E-state index contributed by atoms with van der Waals surface area (Å²) in [5, 5.41) is 25.5. The lowest BCUT2D eigenvalue weighted by Crippen LogP contribution is -2.41. The smallest absolute Gasteiger partial charge is 0.326 e. The van der Waals surface area contributed by atoms with E-state index in [1.165, 1.54) is 10.9 Å². The summed E-state index contributed by atoms with van der Waals surface area (Å²) in [4.78, 5) is 23.4. The number of aromatic hydroxyl groups is 1. The number of hydrogen-bond acceptors (Lipinski definition) is 4. The van der Waals surface area contributed by atoms with Gasteiger partial charge < -0.3 is 15.5 Å². The highest BCUT2D eigenvalue weighted by molar-refractivity contribution is 5.97. The second kappa shape index (κ2) is 7.44. The highest BCUT2D eigenvalue weighted by Gasteiger charge is 2.24. The van der Waals surface area contributed by atoms with Gasteiger partial charge in [0.25, 0.3) is 5.91 Å². The Morgan fingerprint density at radius 2 is 2.00 bits per heavy atom. The van der Waals surface area contributed by atoms with E-state index in [4.69, 9.17) is 5.11 Å². The van der Waals surface area contributed by atoms with Crippen molar-refractivity contribution in [3.63, 3.8) is 0 Å². The zero-order valence-electron chi connectivity index (χ0n) is 12.8. The molecule has 3 N–H and O–H groups in total. The minimum Gasteiger partial charge on any atom is -0.504 e. The van der Waals surface area contributed by atoms with Crippen LogP contribution in [-0.4, -0.2) is 37.9 Å². The maximum atomic E-state index is 12.2. The normalized spacial score (nSPS) is 11.9. The van der Waals surface area contributed by atoms with Crippen molar-refractivity contribution < 1.29 is 19.8 Å². The number of nitrogens with one attached hydrogen (secondary N) is 1. The molecule has 1 aromatic carbocycles. The quantitative estimate of drug-likeness (QED) is 0.724. The minimum absolute atomic E-state index is 0.198. The third-order valence-electron chi connectivity index (χ3n) is 3.38. The van der Waals surface area contributed by atoms with E-state index in [0.717, 1.165) is 6.42 Å². The molecule has 0 fully saturated rings. The number of para-hydroxylation sites is 1. The zero-order valence-corrected chi connectivity index (χ0v) is 12.8. The van der Waals surface area contributed by atoms with Crippen LogP contribution < -0.4 is 5.32 Å². The van der Waals surface area contributed by atoms with E-state index in [1.807, 2.05) is 13.0 Å². The number of carboxylic acid groups (broad SMARTS) is 1. The van der Waals surface area contributed by atoms with Gasteiger partial charge in [0.2, 0.25) is 0 Å². The molecule has 1 amide bonds. The van der Waals surface area contributed by atoms with Crippen molar-refractivity contribution in [2.24, 2.45) is 0 Å². The summed E-state index contributed by atoms with van der Waals surface area (Å²) in [7, 11) is 0. The molecular formula is C16H19N3O4. The summed E-state index contributed by atoms with van der Waals surface area (Å²) in [5.74, 6) is -2.11. The van der Waals surface area contributed by atoms with Crippen molar-refractivity contribution in [3.8, 4) is 11.4 Å². The predicted molar refractivity (Wildman–Crippen MR) is 83.6 cm³/mol. The van der Waals surface area contributed by atoms with Crippen molar-refractivity contribution in [2.45, 2.75) is 32.2 Å². The summed E-state index contributed by atoms with van der Waals surface area (Å²) < 4.78 is 1.37. The number of nitrogens with zero attached hydrogens (tertiary/aromatic N) is 2. The predicted octanol–water partition coefficient (Wildman–Crippen LogP) is 1.95. The standard InChI is InChI=1S/C16H19N3O4/c1-2-3-9-12(16(22)23)17-15(21)14-13(20)10-19(18-14)11-7-5-4-6-8-11/h4-8,10,12,20H,2-3,9H2,1H3,(H,17,21)(H,22,23)/t12-/m0/s1. The van der Waals surface area contributed by atoms with Gasteiger partial charge in [0.05, 0.1) is 11.9 Å². The molecule has 122 valence electrons. The zero-order chi connectivity index (χ0) is 16.8. The average molecular weight is 317 g/mol. The van der Waals surface area contributed by atoms with E-state index in [1.54, 1.807) is 24.3 Å². The third kappa shape index (κ3) is 4.09. The third-order valence-corrected chi connectivity index (χ3v) is 3.38. The number of carbonyl (C=O) groups excluding carboxylic acids is 1. The van der Waals surface area contributed by atoms with Crippen LogP contribution in [0.15, 0.2) is 36.5 Å². The van der Waals surface area contributed by atoms with Gasteiger partial charge in [-0.3, -0.25) is 4.79 Å². The summed E-state index contributed by atoms with van der Waals surface area (Å²) >= 11 is 0. The van der Waals surface area contributed by atoms with Crippen molar-refractivity contribution in [1.29, 1.82) is 0 Å². The van der Waals surface area contributed by atoms with Crippen molar-refractivity contribution in [2.75, 3.05) is 0 Å². The van der Waals surface area contributed by atoms with Crippen LogP contribution in [0.5, 0.6) is 5.75 Å². The Labute approximate surface area is 133 Å². The highest BCUT2D eigenvalue weighted by atomic mass is 16.4. The molecule has 0 aliphatic carbocycles. The number of unbranched alkanes of at least 4 members (excludes halogenated alkanes) is 1. The van der Waals surface area contributed by atoms with Crippen LogP contribution in [0, 0.1) is 0 Å². The Hall–Kier alpha value is -2.83. The molecule has 0 aliphatic heterocycles. The fraction of sp³-hybridized carbons (Fsp3) is 0.312. The topological polar surface area (TPSA) is 104 Å². The second-order valence-electron chi connectivity index (χ2n) is 5.15. The fourth-order valence-corrected chi connectivity index (χ4v) is 2.13. The molecule has 23 heavy (non-hydrogen) atoms. The Morgan fingerprint density at radius 3 is 2.61 bits per heavy atom. The first-order chi connectivity index (χ1) is 11.0. The van der Waals surface area contributed by atoms with E-state index in [-0.39, 0.29) is 11.4 Å². The summed E-state index contributed by atoms with van der Waals surface area (Å²) in [6.07, 6.45) is 3.15. The monoisotopic (exact) mass is 317 g/mol. The lowest BCUT2D eigenvalue weighted by atomic mass is 10.1. The van der Waals surface area contributed by atoms with Crippen LogP contribution in [0.25, 0.3) is 5.69 Å². The lowest BCUT2D eigenvalue weighted by Gasteiger charge is -2.13. The Morgan fingerprint density at radius 1 is 1.30 bits per heavy atom. The molecule has 0 bridgehead atoms. The van der Waals surface area contributed by atoms with E-state index in [2.05, 4.69) is 10.4 Å². The number of rotatable bonds is 7. The van der Waals surface area contributed by atoms with Gasteiger partial charge in [0.15, 0.2) is 11.4 Å². The van der Waals surface area contributed by atoms with E-state index < -0.39 is 17.9 Å². The number of aliphatic carboxylic acids is 1. The molecule has 7 nitrogen and oxygen atoms in total. The number of aromatic nitrogens is 2. The van der Waals surface area contributed by atoms with Gasteiger partial charge in [0, 0.05) is 0 Å². The van der Waals surface area contributed by atoms with Gasteiger partial charge in [-0.05, 0) is 18.6 Å². The average Bonchev–Trinajstić information content (AvgIpc) is 2.94. The number of carbonyl (C=O) groups is 2. The molecule has 0 aliphatic rings. The van der Waals surface area contributed by atoms with Crippen LogP contribution >= 0.6 is 0 Å². The molecule has 7 heteroatoms. The van der Waals surface area contributed by atoms with Gasteiger partial charge in [-0.15, -0.1) is 0 Å². The number of amides is 1. The van der Waals surface area contributed by atoms with Crippen molar-refractivity contribution in [3.05, 3.63) is 42.2 Å². The van der Waals surface area contributed by atoms with Crippen LogP contribution in [0.3, 0.4) is 0 Å². The van der Waals surface area contributed by atoms with Gasteiger partial charge in [-0.2, -0.15) is 5.10 Å². The molecule has 0 radical (unpaired) electrons. The molecule has 1 atom stereocenters. The maximum Gasteiger partial charge on any atom is 0.326 e. The number of hydrogen-bond donors (Lipinski definition) is 3. The molecule has 1 aromatic heterocycles. The van der Waals surface area contributed by atoms with E-state index >= 15 is 0 Å². The van der Waals surface area contributed by atoms with Crippen LogP contribution in [0.2, 0.25) is 0 Å². The lowest BCUT2D eigenvalue weighted by molar-refractivity contribution is -0.139. The Bertz CT molecular complexity index is 682. The molecule has 0 saturated heterocycles. The largest absolute Gasteiger partial charge is 0.504 e. The van der Waals surface area contributed by atoms with Crippen molar-refractivity contribution >= 4 is 11.9 Å². The minimum atomic E-state index is -1.10. The van der Waals surface area contributed by atoms with Crippen LogP contribution in [-0.2, 0) is 4.79 Å². The molecule has 0 saturated carbocycles. The first-order valence-electron chi connectivity index (χ1n) is 7.40. The van der Waals surface area contributed by atoms with Gasteiger partial charge in [-0.1, -0.05) is 38.0 Å². The Balaban J connectivity index is 2.16. The summed E-state index contributed by atoms with van der Waals surface area (Å²) in [6.45, 7) is 1.94. The van der Waals surface area contributed by atoms with E-state index in [0.29, 0.717) is 18.5 Å². The van der Waals surface area contributed by atoms with Gasteiger partial charge >= 0.3 is 5.97 Å². The molecule has 0 unspecified atom stereocenters. The highest BCUT2D eigenvalue weighted by Crippen LogP contribution is 2.18. The van der Waals surface area contributed by atoms with Crippen LogP contribution in [0.1, 0.15) is 36.7 Å². The van der Waals surface area contributed by atoms with Gasteiger partial charge in [0.1, 0.15) is 6.04 Å². The van der Waals surface area contributed by atoms with Gasteiger partial charge in [-0.25, -0.2) is 9.48 Å². The molecule has 0 spiro atoms. The fourth-order valence-electron chi connectivity index (χ4n) is 2.13. The maximum absolute atomic E-state index is 12.2. The Kier molecular flexibility index (Phi) is 5.35. The first-order valence-corrected chi connectivity index (χ1v) is 7.40. The SMILES string of the molecule is CCCC[C@H](NC(=O)c1nn(-c2ccccc2)cc1O)C(=O)O. The number of benzene rings is 1.